The van der Waals surface area contributed by atoms with Crippen LogP contribution >= 0.6 is 11.9 Å². The Morgan fingerprint density at radius 3 is 2.46 bits per heavy atom. The van der Waals surface area contributed by atoms with Gasteiger partial charge in [0.15, 0.2) is 0 Å². The maximum absolute atomic E-state index is 15.3. The van der Waals surface area contributed by atoms with Crippen molar-refractivity contribution in [1.29, 1.82) is 0 Å². The van der Waals surface area contributed by atoms with Crippen molar-refractivity contribution in [1.82, 2.24) is 0 Å². The van der Waals surface area contributed by atoms with Gasteiger partial charge in [0.1, 0.15) is 17.4 Å². The summed E-state index contributed by atoms with van der Waals surface area (Å²) in [6.45, 7) is 6.70. The fourth-order valence-electron chi connectivity index (χ4n) is 5.68. The van der Waals surface area contributed by atoms with E-state index in [1.54, 1.807) is 0 Å². The molecule has 0 bridgehead atoms. The predicted octanol–water partition coefficient (Wildman–Crippen LogP) is 6.77. The van der Waals surface area contributed by atoms with E-state index in [9.17, 15) is 14.3 Å². The summed E-state index contributed by atoms with van der Waals surface area (Å²) in [5, 5.41) is 9.83. The number of carboxylic acids is 1. The lowest BCUT2D eigenvalue weighted by molar-refractivity contribution is -0.136. The van der Waals surface area contributed by atoms with E-state index in [1.165, 1.54) is 24.1 Å². The molecule has 0 atom stereocenters. The number of fused-ring (bicyclic) bond motifs is 4. The van der Waals surface area contributed by atoms with Crippen molar-refractivity contribution in [3.8, 4) is 28.0 Å². The highest BCUT2D eigenvalue weighted by Gasteiger charge is 2.34. The van der Waals surface area contributed by atoms with Crippen LogP contribution in [0.3, 0.4) is 0 Å². The van der Waals surface area contributed by atoms with Crippen LogP contribution in [-0.2, 0) is 24.2 Å². The first kappa shape index (κ1) is 23.7. The number of halogens is 2. The molecule has 3 aromatic rings. The Morgan fingerprint density at radius 2 is 1.74 bits per heavy atom. The lowest BCUT2D eigenvalue weighted by atomic mass is 9.79. The van der Waals surface area contributed by atoms with Crippen molar-refractivity contribution in [2.45, 2.75) is 46.6 Å². The Kier molecular flexibility index (Phi) is 5.99. The third kappa shape index (κ3) is 3.68. The minimum absolute atomic E-state index is 0.164. The fraction of sp³-hybridized carbons (Fsp3) is 0.321. The van der Waals surface area contributed by atoms with E-state index in [0.29, 0.717) is 23.3 Å². The number of ether oxygens (including phenoxy) is 1. The Bertz CT molecular complexity index is 1390. The van der Waals surface area contributed by atoms with E-state index < -0.39 is 17.6 Å². The van der Waals surface area contributed by atoms with Gasteiger partial charge < -0.3 is 14.1 Å². The molecule has 0 spiro atoms. The van der Waals surface area contributed by atoms with Gasteiger partial charge in [0.2, 0.25) is 0 Å². The smallest absolute Gasteiger partial charge is 0.307 e. The number of rotatable bonds is 4. The third-order valence-electron chi connectivity index (χ3n) is 7.30. The molecule has 1 N–H and O–H groups in total. The first-order valence-electron chi connectivity index (χ1n) is 11.7. The van der Waals surface area contributed by atoms with Crippen LogP contribution in [0.15, 0.2) is 24.3 Å². The largest absolute Gasteiger partial charge is 0.493 e. The lowest BCUT2D eigenvalue weighted by Gasteiger charge is -2.36. The number of aliphatic carboxylic acids is 1. The van der Waals surface area contributed by atoms with Crippen LogP contribution in [0.1, 0.15) is 39.8 Å². The normalized spacial score (nSPS) is 14.2. The molecular weight excluding hydrogens is 468 g/mol. The number of nitrogens with zero attached hydrogens (tertiary/aromatic N) is 1. The molecule has 0 amide bonds. The SMILES string of the molecule is CSN1Cc2c(F)ccc(F)c2-c2c(C)c(-c3ccc4c(c3C)CCCO4)c(CC(=O)O)c(C)c21. The maximum Gasteiger partial charge on any atom is 0.307 e. The summed E-state index contributed by atoms with van der Waals surface area (Å²) in [4.78, 5) is 12.0. The molecule has 182 valence electrons. The molecule has 3 aromatic carbocycles. The van der Waals surface area contributed by atoms with E-state index in [-0.39, 0.29) is 18.5 Å². The molecule has 2 heterocycles. The Hall–Kier alpha value is -3.06. The number of hydrogen-bond acceptors (Lipinski definition) is 4. The minimum Gasteiger partial charge on any atom is -0.493 e. The Labute approximate surface area is 208 Å². The van der Waals surface area contributed by atoms with Gasteiger partial charge in [-0.15, -0.1) is 0 Å². The molecule has 0 fully saturated rings. The van der Waals surface area contributed by atoms with E-state index in [2.05, 4.69) is 0 Å². The summed E-state index contributed by atoms with van der Waals surface area (Å²) in [5.41, 5.74) is 8.06. The van der Waals surface area contributed by atoms with Gasteiger partial charge in [-0.2, -0.15) is 0 Å². The highest BCUT2D eigenvalue weighted by molar-refractivity contribution is 7.99. The summed E-state index contributed by atoms with van der Waals surface area (Å²) in [7, 11) is 0. The number of carboxylic acid groups (broad SMARTS) is 1. The van der Waals surface area contributed by atoms with E-state index in [4.69, 9.17) is 4.74 Å². The van der Waals surface area contributed by atoms with Crippen molar-refractivity contribution in [3.05, 3.63) is 69.3 Å². The highest BCUT2D eigenvalue weighted by Crippen LogP contribution is 2.52. The molecule has 4 nitrogen and oxygen atoms in total. The molecule has 7 heteroatoms. The van der Waals surface area contributed by atoms with Gasteiger partial charge in [0, 0.05) is 22.9 Å². The van der Waals surface area contributed by atoms with Gasteiger partial charge >= 0.3 is 5.97 Å². The summed E-state index contributed by atoms with van der Waals surface area (Å²) in [6.07, 6.45) is 3.53. The summed E-state index contributed by atoms with van der Waals surface area (Å²) in [6, 6.07) is 6.26. The topological polar surface area (TPSA) is 49.8 Å². The molecular formula is C28H27F2NO3S. The van der Waals surface area contributed by atoms with Crippen LogP contribution in [0, 0.1) is 32.4 Å². The Balaban J connectivity index is 1.91. The van der Waals surface area contributed by atoms with Crippen LogP contribution in [0.4, 0.5) is 14.5 Å². The van der Waals surface area contributed by atoms with Gasteiger partial charge in [-0.05, 0) is 90.8 Å². The van der Waals surface area contributed by atoms with Gasteiger partial charge in [0.05, 0.1) is 25.3 Å². The average Bonchev–Trinajstić information content (AvgIpc) is 2.84. The zero-order valence-electron chi connectivity index (χ0n) is 20.2. The molecule has 0 unspecified atom stereocenters. The van der Waals surface area contributed by atoms with Gasteiger partial charge in [-0.1, -0.05) is 18.0 Å². The van der Waals surface area contributed by atoms with Crippen LogP contribution in [0.5, 0.6) is 5.75 Å². The van der Waals surface area contributed by atoms with Gasteiger partial charge in [0.25, 0.3) is 0 Å². The number of hydrogen-bond donors (Lipinski definition) is 1. The maximum atomic E-state index is 15.3. The fourth-order valence-corrected chi connectivity index (χ4v) is 6.35. The molecule has 35 heavy (non-hydrogen) atoms. The van der Waals surface area contributed by atoms with Gasteiger partial charge in [-0.3, -0.25) is 4.79 Å². The van der Waals surface area contributed by atoms with E-state index in [0.717, 1.165) is 57.7 Å². The van der Waals surface area contributed by atoms with Crippen LogP contribution in [0.25, 0.3) is 22.3 Å². The Morgan fingerprint density at radius 1 is 1.00 bits per heavy atom. The van der Waals surface area contributed by atoms with E-state index >= 15 is 4.39 Å². The van der Waals surface area contributed by atoms with Crippen LogP contribution < -0.4 is 9.04 Å². The molecule has 2 aliphatic heterocycles. The lowest BCUT2D eigenvalue weighted by Crippen LogP contribution is -2.24. The van der Waals surface area contributed by atoms with Crippen molar-refractivity contribution >= 4 is 23.6 Å². The summed E-state index contributed by atoms with van der Waals surface area (Å²) in [5.74, 6) is -0.992. The number of carbonyl (C=O) groups is 1. The molecule has 0 radical (unpaired) electrons. The third-order valence-corrected chi connectivity index (χ3v) is 8.06. The minimum atomic E-state index is -0.934. The predicted molar refractivity (Wildman–Crippen MR) is 136 cm³/mol. The molecule has 2 aliphatic rings. The number of benzene rings is 3. The average molecular weight is 496 g/mol. The van der Waals surface area contributed by atoms with Crippen molar-refractivity contribution < 1.29 is 23.4 Å². The molecule has 0 aliphatic carbocycles. The van der Waals surface area contributed by atoms with Crippen molar-refractivity contribution in [2.24, 2.45) is 0 Å². The monoisotopic (exact) mass is 495 g/mol. The first-order valence-corrected chi connectivity index (χ1v) is 12.8. The van der Waals surface area contributed by atoms with E-state index in [1.807, 2.05) is 43.5 Å². The second-order valence-electron chi connectivity index (χ2n) is 9.17. The molecule has 0 saturated heterocycles. The number of anilines is 1. The highest BCUT2D eigenvalue weighted by atomic mass is 32.2. The quantitative estimate of drug-likeness (QED) is 0.405. The zero-order valence-corrected chi connectivity index (χ0v) is 21.0. The zero-order chi connectivity index (χ0) is 25.0. The van der Waals surface area contributed by atoms with Crippen molar-refractivity contribution in [2.75, 3.05) is 17.2 Å². The van der Waals surface area contributed by atoms with Crippen LogP contribution in [0.2, 0.25) is 0 Å². The van der Waals surface area contributed by atoms with Crippen LogP contribution in [-0.4, -0.2) is 23.9 Å². The first-order chi connectivity index (χ1) is 16.7. The molecule has 5 rings (SSSR count). The van der Waals surface area contributed by atoms with Crippen molar-refractivity contribution in [3.63, 3.8) is 0 Å². The standard InChI is InChI=1S/C28H27F2NO3S/c1-14-17-6-5-11-34-23(17)10-7-18(14)25-16(3)26-27-20(21(29)8-9-22(27)30)13-31(35-4)28(26)15(2)19(25)12-24(32)33/h7-10H,5-6,11-13H2,1-4H3,(H,32,33). The second kappa shape index (κ2) is 8.86. The summed E-state index contributed by atoms with van der Waals surface area (Å²) >= 11 is 1.42. The molecule has 0 aromatic heterocycles. The van der Waals surface area contributed by atoms with Gasteiger partial charge in [-0.25, -0.2) is 8.78 Å². The second-order valence-corrected chi connectivity index (χ2v) is 9.97. The molecule has 0 saturated carbocycles. The summed E-state index contributed by atoms with van der Waals surface area (Å²) < 4.78 is 38.0.